The number of carbonyl (C=O) groups is 1. The molecular weight excluding hydrogens is 470 g/mol. The monoisotopic (exact) mass is 529 g/mol. The van der Waals surface area contributed by atoms with Gasteiger partial charge in [-0.2, -0.15) is 0 Å². The molecule has 4 nitrogen and oxygen atoms in total. The molecule has 0 N–H and O–H groups in total. The first-order valence-electron chi connectivity index (χ1n) is 16.2. The van der Waals surface area contributed by atoms with Gasteiger partial charge in [-0.05, 0) is 112 Å². The van der Waals surface area contributed by atoms with Crippen LogP contribution in [0.5, 0.6) is 0 Å². The van der Waals surface area contributed by atoms with Crippen molar-refractivity contribution in [2.75, 3.05) is 33.4 Å². The van der Waals surface area contributed by atoms with E-state index in [9.17, 15) is 4.79 Å². The number of likely N-dealkylation sites (N-methyl/N-ethyl adjacent to an activating group) is 1. The largest absolute Gasteiger partial charge is 0.465 e. The number of esters is 1. The molecule has 0 aromatic carbocycles. The molecule has 4 heteroatoms. The highest BCUT2D eigenvalue weighted by Gasteiger charge is 2.59. The molecule has 4 aliphatic rings. The Morgan fingerprint density at radius 1 is 1.08 bits per heavy atom. The maximum Gasteiger partial charge on any atom is 0.320 e. The average molecular weight is 530 g/mol. The van der Waals surface area contributed by atoms with Gasteiger partial charge in [0.05, 0.1) is 25.9 Å². The summed E-state index contributed by atoms with van der Waals surface area (Å²) in [6.07, 6.45) is 17.9. The molecule has 0 bridgehead atoms. The molecule has 4 rings (SSSR count). The number of allylic oxidation sites excluding steroid dienone is 1. The first kappa shape index (κ1) is 30.1. The number of hydrogen-bond donors (Lipinski definition) is 0. The second-order valence-electron chi connectivity index (χ2n) is 14.6. The Balaban J connectivity index is 1.32. The summed E-state index contributed by atoms with van der Waals surface area (Å²) in [5.41, 5.74) is 2.65. The molecule has 0 saturated heterocycles. The van der Waals surface area contributed by atoms with E-state index in [1.165, 1.54) is 64.2 Å². The van der Waals surface area contributed by atoms with Crippen LogP contribution < -0.4 is 0 Å². The van der Waals surface area contributed by atoms with Crippen LogP contribution in [0, 0.1) is 46.3 Å². The van der Waals surface area contributed by atoms with Crippen LogP contribution in [-0.2, 0) is 14.3 Å². The number of fused-ring (bicyclic) bond motifs is 5. The van der Waals surface area contributed by atoms with Crippen LogP contribution in [0.2, 0.25) is 0 Å². The molecule has 3 fully saturated rings. The minimum Gasteiger partial charge on any atom is -0.465 e. The molecule has 0 aromatic rings. The minimum atomic E-state index is -0.150. The van der Waals surface area contributed by atoms with Crippen molar-refractivity contribution in [1.82, 2.24) is 4.90 Å². The summed E-state index contributed by atoms with van der Waals surface area (Å²) in [6.45, 7) is 16.7. The smallest absolute Gasteiger partial charge is 0.320 e. The van der Waals surface area contributed by atoms with Crippen molar-refractivity contribution >= 4 is 5.97 Å². The van der Waals surface area contributed by atoms with Crippen molar-refractivity contribution < 1.29 is 14.3 Å². The average Bonchev–Trinajstić information content (AvgIpc) is 3.21. The summed E-state index contributed by atoms with van der Waals surface area (Å²) < 4.78 is 11.4. The van der Waals surface area contributed by atoms with E-state index in [-0.39, 0.29) is 5.97 Å². The third-order valence-electron chi connectivity index (χ3n) is 11.8. The van der Waals surface area contributed by atoms with E-state index in [0.717, 1.165) is 48.5 Å². The van der Waals surface area contributed by atoms with Crippen molar-refractivity contribution in [3.63, 3.8) is 0 Å². The van der Waals surface area contributed by atoms with Gasteiger partial charge in [0.25, 0.3) is 0 Å². The van der Waals surface area contributed by atoms with Crippen molar-refractivity contribution in [3.8, 4) is 0 Å². The fraction of sp³-hybridized carbons (Fsp3) is 0.912. The molecule has 4 aliphatic carbocycles. The second kappa shape index (κ2) is 12.8. The van der Waals surface area contributed by atoms with Gasteiger partial charge in [0.2, 0.25) is 0 Å². The van der Waals surface area contributed by atoms with Crippen molar-refractivity contribution in [1.29, 1.82) is 0 Å². The predicted molar refractivity (Wildman–Crippen MR) is 157 cm³/mol. The molecule has 3 saturated carbocycles. The third kappa shape index (κ3) is 6.37. The van der Waals surface area contributed by atoms with Gasteiger partial charge in [0.15, 0.2) is 0 Å². The maximum absolute atomic E-state index is 11.7. The summed E-state index contributed by atoms with van der Waals surface area (Å²) in [7, 11) is 1.97. The van der Waals surface area contributed by atoms with E-state index in [1.54, 1.807) is 5.57 Å². The lowest BCUT2D eigenvalue weighted by Crippen LogP contribution is -2.51. The second-order valence-corrected chi connectivity index (χ2v) is 14.6. The molecule has 38 heavy (non-hydrogen) atoms. The molecule has 0 radical (unpaired) electrons. The zero-order chi connectivity index (χ0) is 27.5. The van der Waals surface area contributed by atoms with Crippen LogP contribution in [0.4, 0.5) is 0 Å². The lowest BCUT2D eigenvalue weighted by Gasteiger charge is -2.58. The zero-order valence-corrected chi connectivity index (χ0v) is 25.9. The van der Waals surface area contributed by atoms with Crippen LogP contribution in [0.25, 0.3) is 0 Å². The molecule has 0 spiro atoms. The van der Waals surface area contributed by atoms with Gasteiger partial charge in [-0.15, -0.1) is 0 Å². The Morgan fingerprint density at radius 3 is 2.61 bits per heavy atom. The first-order chi connectivity index (χ1) is 18.1. The van der Waals surface area contributed by atoms with Crippen LogP contribution in [0.15, 0.2) is 11.6 Å². The van der Waals surface area contributed by atoms with E-state index < -0.39 is 0 Å². The number of ether oxygens (including phenoxy) is 2. The molecule has 0 heterocycles. The molecule has 0 aliphatic heterocycles. The van der Waals surface area contributed by atoms with Crippen molar-refractivity contribution in [2.24, 2.45) is 46.3 Å². The van der Waals surface area contributed by atoms with Gasteiger partial charge in [0.1, 0.15) is 0 Å². The predicted octanol–water partition coefficient (Wildman–Crippen LogP) is 7.91. The summed E-state index contributed by atoms with van der Waals surface area (Å²) in [6, 6.07) is 0. The summed E-state index contributed by atoms with van der Waals surface area (Å²) in [5.74, 6) is 5.20. The number of nitrogens with zero attached hydrogens (tertiary/aromatic N) is 1. The van der Waals surface area contributed by atoms with Crippen molar-refractivity contribution in [3.05, 3.63) is 11.6 Å². The topological polar surface area (TPSA) is 38.8 Å². The van der Waals surface area contributed by atoms with E-state index in [1.807, 2.05) is 18.9 Å². The third-order valence-corrected chi connectivity index (χ3v) is 11.8. The summed E-state index contributed by atoms with van der Waals surface area (Å²) in [5, 5.41) is 0. The summed E-state index contributed by atoms with van der Waals surface area (Å²) >= 11 is 0. The van der Waals surface area contributed by atoms with E-state index in [4.69, 9.17) is 9.47 Å². The maximum atomic E-state index is 11.7. The SMILES string of the molecule is CCOC(=O)CN(C)CCOC1CCC2(C)C(=CCC3C2CCC2(C)C(C(C)CCCC(C)C)CCC32)C1. The first-order valence-corrected chi connectivity index (χ1v) is 16.2. The van der Waals surface area contributed by atoms with Crippen LogP contribution in [0.1, 0.15) is 112 Å². The van der Waals surface area contributed by atoms with Crippen molar-refractivity contribution in [2.45, 2.75) is 118 Å². The van der Waals surface area contributed by atoms with E-state index in [0.29, 0.717) is 36.7 Å². The molecule has 0 amide bonds. The quantitative estimate of drug-likeness (QED) is 0.190. The minimum absolute atomic E-state index is 0.150. The highest BCUT2D eigenvalue weighted by Crippen LogP contribution is 2.67. The van der Waals surface area contributed by atoms with E-state index >= 15 is 0 Å². The van der Waals surface area contributed by atoms with Gasteiger partial charge in [0, 0.05) is 6.54 Å². The molecule has 8 atom stereocenters. The Kier molecular flexibility index (Phi) is 10.1. The van der Waals surface area contributed by atoms with Gasteiger partial charge >= 0.3 is 5.97 Å². The summed E-state index contributed by atoms with van der Waals surface area (Å²) in [4.78, 5) is 13.7. The molecule has 218 valence electrons. The zero-order valence-electron chi connectivity index (χ0n) is 25.9. The van der Waals surface area contributed by atoms with Crippen LogP contribution >= 0.6 is 0 Å². The number of hydrogen-bond acceptors (Lipinski definition) is 4. The Hall–Kier alpha value is -0.870. The van der Waals surface area contributed by atoms with Crippen LogP contribution in [0.3, 0.4) is 0 Å². The highest BCUT2D eigenvalue weighted by molar-refractivity contribution is 5.71. The Bertz CT molecular complexity index is 823. The lowest BCUT2D eigenvalue weighted by atomic mass is 9.47. The van der Waals surface area contributed by atoms with E-state index in [2.05, 4.69) is 40.7 Å². The molecular formula is C34H59NO3. The van der Waals surface area contributed by atoms with Gasteiger partial charge in [-0.25, -0.2) is 0 Å². The lowest BCUT2D eigenvalue weighted by molar-refractivity contribution is -0.144. The Morgan fingerprint density at radius 2 is 1.87 bits per heavy atom. The number of rotatable bonds is 12. The fourth-order valence-corrected chi connectivity index (χ4v) is 9.68. The fourth-order valence-electron chi connectivity index (χ4n) is 9.68. The Labute approximate surface area is 234 Å². The van der Waals surface area contributed by atoms with Gasteiger partial charge < -0.3 is 9.47 Å². The highest BCUT2D eigenvalue weighted by atomic mass is 16.5. The molecule has 0 aromatic heterocycles. The standard InChI is InChI=1S/C34H59NO3/c1-8-37-32(36)23-35(7)20-21-38-27-16-18-33(5)26(22-27)12-13-28-30-15-14-29(25(4)11-9-10-24(2)3)34(30,6)19-17-31(28)33/h12,24-25,27-31H,8-11,13-23H2,1-7H3. The molecule has 8 unspecified atom stereocenters. The van der Waals surface area contributed by atoms with Gasteiger partial charge in [-0.1, -0.05) is 65.5 Å². The normalized spacial score (nSPS) is 37.4. The van der Waals surface area contributed by atoms with Gasteiger partial charge in [-0.3, -0.25) is 9.69 Å². The van der Waals surface area contributed by atoms with Crippen LogP contribution in [-0.4, -0.2) is 50.3 Å². The number of carbonyl (C=O) groups excluding carboxylic acids is 1.